The third kappa shape index (κ3) is 5.38. The number of ether oxygens (including phenoxy) is 1. The highest BCUT2D eigenvalue weighted by Gasteiger charge is 2.34. The average molecular weight is 448 g/mol. The number of hydroxylamine groups is 2. The van der Waals surface area contributed by atoms with Gasteiger partial charge in [-0.25, -0.2) is 4.79 Å². The molecule has 32 heavy (non-hydrogen) atoms. The van der Waals surface area contributed by atoms with Gasteiger partial charge in [0.1, 0.15) is 6.10 Å². The maximum Gasteiger partial charge on any atom is 0.534 e. The smallest absolute Gasteiger partial charge is 0.429 e. The van der Waals surface area contributed by atoms with Gasteiger partial charge in [-0.2, -0.15) is 0 Å². The van der Waals surface area contributed by atoms with E-state index in [2.05, 4.69) is 9.74 Å². The number of hydrogen-bond donors (Lipinski definition) is 0. The van der Waals surface area contributed by atoms with E-state index < -0.39 is 29.0 Å². The topological polar surface area (TPSA) is 140 Å². The Morgan fingerprint density at radius 3 is 2.34 bits per heavy atom. The second kappa shape index (κ2) is 9.73. The molecule has 0 N–H and O–H groups in total. The van der Waals surface area contributed by atoms with Gasteiger partial charge < -0.3 is 14.5 Å². The number of carbonyl (C=O) groups excluding carboxylic acids is 4. The van der Waals surface area contributed by atoms with Crippen molar-refractivity contribution in [2.75, 3.05) is 33.2 Å². The second-order valence-electron chi connectivity index (χ2n) is 7.75. The first-order chi connectivity index (χ1) is 15.2. The molecule has 12 nitrogen and oxygen atoms in total. The molecule has 1 atom stereocenters. The third-order valence-corrected chi connectivity index (χ3v) is 5.30. The molecule has 12 heteroatoms. The Morgan fingerprint density at radius 1 is 1.12 bits per heavy atom. The lowest BCUT2D eigenvalue weighted by Gasteiger charge is -2.32. The number of imide groups is 1. The summed E-state index contributed by atoms with van der Waals surface area (Å²) in [6, 6.07) is 4.19. The standard InChI is InChI=1S/C20H24N4O8/c1-13(31-20(28)32-23-17(25)5-6-18(23)26)11-14-3-4-15(12-16(14)24(29)30)19(27)22-9-7-21(2)8-10-22/h3-4,12-13H,5-11H2,1-2H3. The van der Waals surface area contributed by atoms with Gasteiger partial charge in [-0.05, 0) is 20.0 Å². The summed E-state index contributed by atoms with van der Waals surface area (Å²) in [7, 11) is 1.96. The molecule has 0 bridgehead atoms. The van der Waals surface area contributed by atoms with E-state index in [1.807, 2.05) is 7.05 Å². The molecule has 1 aromatic carbocycles. The van der Waals surface area contributed by atoms with Crippen molar-refractivity contribution in [3.05, 3.63) is 39.4 Å². The van der Waals surface area contributed by atoms with Crippen LogP contribution in [0.4, 0.5) is 10.5 Å². The lowest BCUT2D eigenvalue weighted by atomic mass is 10.0. The van der Waals surface area contributed by atoms with Crippen molar-refractivity contribution in [1.82, 2.24) is 14.9 Å². The molecule has 2 fully saturated rings. The Morgan fingerprint density at radius 2 is 1.75 bits per heavy atom. The van der Waals surface area contributed by atoms with Crippen molar-refractivity contribution < 1.29 is 33.7 Å². The van der Waals surface area contributed by atoms with Crippen LogP contribution in [-0.2, 0) is 25.6 Å². The molecule has 172 valence electrons. The maximum absolute atomic E-state index is 12.7. The van der Waals surface area contributed by atoms with E-state index in [4.69, 9.17) is 4.74 Å². The van der Waals surface area contributed by atoms with E-state index in [1.165, 1.54) is 25.1 Å². The van der Waals surface area contributed by atoms with Gasteiger partial charge >= 0.3 is 6.16 Å². The summed E-state index contributed by atoms with van der Waals surface area (Å²) in [5, 5.41) is 11.9. The zero-order chi connectivity index (χ0) is 23.4. The largest absolute Gasteiger partial charge is 0.534 e. The summed E-state index contributed by atoms with van der Waals surface area (Å²) in [5.74, 6) is -1.56. The minimum Gasteiger partial charge on any atom is -0.429 e. The van der Waals surface area contributed by atoms with E-state index >= 15 is 0 Å². The number of likely N-dealkylation sites (N-methyl/N-ethyl adjacent to an activating group) is 1. The molecule has 3 rings (SSSR count). The predicted molar refractivity (Wildman–Crippen MR) is 108 cm³/mol. The van der Waals surface area contributed by atoms with E-state index in [9.17, 15) is 29.3 Å². The number of nitrogens with zero attached hydrogens (tertiary/aromatic N) is 4. The van der Waals surface area contributed by atoms with E-state index in [0.717, 1.165) is 13.1 Å². The first-order valence-electron chi connectivity index (χ1n) is 10.1. The Labute approximate surface area is 183 Å². The van der Waals surface area contributed by atoms with Crippen LogP contribution < -0.4 is 0 Å². The number of amides is 3. The SMILES string of the molecule is CC(Cc1ccc(C(=O)N2CCN(C)CC2)cc1[N+](=O)[O-])OC(=O)ON1C(=O)CCC1=O. The fourth-order valence-electron chi connectivity index (χ4n) is 3.50. The molecule has 2 heterocycles. The molecule has 1 unspecified atom stereocenters. The Balaban J connectivity index is 1.64. The highest BCUT2D eigenvalue weighted by Crippen LogP contribution is 2.24. The van der Waals surface area contributed by atoms with Crippen LogP contribution in [0.5, 0.6) is 0 Å². The molecule has 0 spiro atoms. The molecular formula is C20H24N4O8. The molecule has 2 aliphatic heterocycles. The highest BCUT2D eigenvalue weighted by molar-refractivity contribution is 6.01. The van der Waals surface area contributed by atoms with Crippen LogP contribution in [-0.4, -0.2) is 83.0 Å². The van der Waals surface area contributed by atoms with Crippen molar-refractivity contribution in [2.24, 2.45) is 0 Å². The molecule has 1 aromatic rings. The minimum absolute atomic E-state index is 0.0315. The van der Waals surface area contributed by atoms with Crippen molar-refractivity contribution in [3.8, 4) is 0 Å². The van der Waals surface area contributed by atoms with Crippen molar-refractivity contribution in [1.29, 1.82) is 0 Å². The normalized spacial score (nSPS) is 17.9. The summed E-state index contributed by atoms with van der Waals surface area (Å²) >= 11 is 0. The maximum atomic E-state index is 12.7. The van der Waals surface area contributed by atoms with Gasteiger partial charge in [-0.15, -0.1) is 0 Å². The van der Waals surface area contributed by atoms with Gasteiger partial charge in [-0.1, -0.05) is 11.1 Å². The molecule has 3 amide bonds. The van der Waals surface area contributed by atoms with Crippen LogP contribution in [0.1, 0.15) is 35.7 Å². The number of rotatable bonds is 6. The second-order valence-corrected chi connectivity index (χ2v) is 7.75. The number of piperazine rings is 1. The molecular weight excluding hydrogens is 424 g/mol. The zero-order valence-corrected chi connectivity index (χ0v) is 17.8. The Hall–Kier alpha value is -3.54. The lowest BCUT2D eigenvalue weighted by molar-refractivity contribution is -0.385. The molecule has 2 aliphatic rings. The number of benzene rings is 1. The summed E-state index contributed by atoms with van der Waals surface area (Å²) in [4.78, 5) is 67.0. The number of carbonyl (C=O) groups is 4. The van der Waals surface area contributed by atoms with Gasteiger partial charge in [0, 0.05) is 62.6 Å². The number of hydrogen-bond acceptors (Lipinski definition) is 9. The van der Waals surface area contributed by atoms with Gasteiger partial charge in [-0.3, -0.25) is 29.3 Å². The summed E-state index contributed by atoms with van der Waals surface area (Å²) in [6.07, 6.45) is -2.24. The summed E-state index contributed by atoms with van der Waals surface area (Å²) in [5.41, 5.74) is 0.210. The van der Waals surface area contributed by atoms with Crippen LogP contribution in [0.25, 0.3) is 0 Å². The van der Waals surface area contributed by atoms with E-state index in [0.29, 0.717) is 18.2 Å². The Bertz CT molecular complexity index is 926. The first kappa shape index (κ1) is 23.1. The lowest BCUT2D eigenvalue weighted by Crippen LogP contribution is -2.47. The first-order valence-corrected chi connectivity index (χ1v) is 10.1. The highest BCUT2D eigenvalue weighted by atomic mass is 16.8. The molecule has 0 aliphatic carbocycles. The summed E-state index contributed by atoms with van der Waals surface area (Å²) in [6.45, 7) is 4.03. The quantitative estimate of drug-likeness (QED) is 0.271. The predicted octanol–water partition coefficient (Wildman–Crippen LogP) is 1.13. The monoisotopic (exact) mass is 448 g/mol. The van der Waals surface area contributed by atoms with Crippen LogP contribution in [0.3, 0.4) is 0 Å². The third-order valence-electron chi connectivity index (χ3n) is 5.30. The van der Waals surface area contributed by atoms with Crippen LogP contribution in [0.2, 0.25) is 0 Å². The number of nitro benzene ring substituents is 1. The van der Waals surface area contributed by atoms with Gasteiger partial charge in [0.25, 0.3) is 23.4 Å². The van der Waals surface area contributed by atoms with Crippen molar-refractivity contribution >= 4 is 29.6 Å². The molecule has 2 saturated heterocycles. The minimum atomic E-state index is -1.26. The number of nitro groups is 1. The molecule has 0 saturated carbocycles. The van der Waals surface area contributed by atoms with Gasteiger partial charge in [0.2, 0.25) is 0 Å². The fraction of sp³-hybridized carbons (Fsp3) is 0.500. The van der Waals surface area contributed by atoms with Crippen LogP contribution in [0.15, 0.2) is 18.2 Å². The van der Waals surface area contributed by atoms with E-state index in [-0.39, 0.29) is 42.0 Å². The Kier molecular flexibility index (Phi) is 7.03. The van der Waals surface area contributed by atoms with Crippen molar-refractivity contribution in [3.63, 3.8) is 0 Å². The van der Waals surface area contributed by atoms with Crippen LogP contribution in [0, 0.1) is 10.1 Å². The fourth-order valence-corrected chi connectivity index (χ4v) is 3.50. The molecule has 0 radical (unpaired) electrons. The van der Waals surface area contributed by atoms with Crippen LogP contribution >= 0.6 is 0 Å². The van der Waals surface area contributed by atoms with E-state index in [1.54, 1.807) is 4.90 Å². The summed E-state index contributed by atoms with van der Waals surface area (Å²) < 4.78 is 5.02. The molecule has 0 aromatic heterocycles. The average Bonchev–Trinajstić information content (AvgIpc) is 3.05. The van der Waals surface area contributed by atoms with Gasteiger partial charge in [0.05, 0.1) is 4.92 Å². The van der Waals surface area contributed by atoms with Crippen molar-refractivity contribution in [2.45, 2.75) is 32.3 Å². The zero-order valence-electron chi connectivity index (χ0n) is 17.8. The van der Waals surface area contributed by atoms with Gasteiger partial charge in [0.15, 0.2) is 0 Å².